The Labute approximate surface area is 98.0 Å². The SMILES string of the molecule is C=C(C)[N+]1(C)CC(N)C(c2ccccc2)C1. The molecule has 1 aliphatic heterocycles. The Morgan fingerprint density at radius 2 is 1.94 bits per heavy atom. The van der Waals surface area contributed by atoms with Crippen LogP contribution in [-0.4, -0.2) is 30.7 Å². The van der Waals surface area contributed by atoms with Gasteiger partial charge in [0.2, 0.25) is 0 Å². The van der Waals surface area contributed by atoms with Crippen molar-refractivity contribution in [3.8, 4) is 0 Å². The molecule has 1 aromatic carbocycles. The Bertz CT molecular complexity index is 385. The van der Waals surface area contributed by atoms with Crippen LogP contribution in [0.15, 0.2) is 42.6 Å². The minimum Gasteiger partial charge on any atom is -0.322 e. The molecule has 16 heavy (non-hydrogen) atoms. The van der Waals surface area contributed by atoms with Crippen molar-refractivity contribution >= 4 is 0 Å². The average molecular weight is 217 g/mol. The van der Waals surface area contributed by atoms with E-state index in [0.29, 0.717) is 5.92 Å². The van der Waals surface area contributed by atoms with Crippen molar-refractivity contribution < 1.29 is 4.48 Å². The normalized spacial score (nSPS) is 33.9. The fourth-order valence-electron chi connectivity index (χ4n) is 2.60. The first-order valence-electron chi connectivity index (χ1n) is 5.84. The van der Waals surface area contributed by atoms with Gasteiger partial charge in [0, 0.05) is 6.92 Å². The summed E-state index contributed by atoms with van der Waals surface area (Å²) in [6.07, 6.45) is 0. The summed E-state index contributed by atoms with van der Waals surface area (Å²) < 4.78 is 0.903. The Kier molecular flexibility index (Phi) is 2.87. The smallest absolute Gasteiger partial charge is 0.0990 e. The van der Waals surface area contributed by atoms with E-state index >= 15 is 0 Å². The third-order valence-corrected chi connectivity index (χ3v) is 3.88. The highest BCUT2D eigenvalue weighted by atomic mass is 15.4. The van der Waals surface area contributed by atoms with Gasteiger partial charge >= 0.3 is 0 Å². The Hall–Kier alpha value is -1.12. The van der Waals surface area contributed by atoms with E-state index in [1.54, 1.807) is 0 Å². The van der Waals surface area contributed by atoms with E-state index in [1.165, 1.54) is 11.3 Å². The van der Waals surface area contributed by atoms with Gasteiger partial charge in [-0.05, 0) is 12.1 Å². The minimum atomic E-state index is 0.240. The molecular formula is C14H21N2+. The Morgan fingerprint density at radius 3 is 2.44 bits per heavy atom. The maximum Gasteiger partial charge on any atom is 0.0990 e. The molecule has 1 heterocycles. The second-order valence-corrected chi connectivity index (χ2v) is 5.18. The van der Waals surface area contributed by atoms with Gasteiger partial charge in [0.1, 0.15) is 0 Å². The predicted octanol–water partition coefficient (Wildman–Crippen LogP) is 2.09. The summed E-state index contributed by atoms with van der Waals surface area (Å²) in [5, 5.41) is 0. The lowest BCUT2D eigenvalue weighted by atomic mass is 9.95. The highest BCUT2D eigenvalue weighted by Crippen LogP contribution is 2.32. The molecule has 3 atom stereocenters. The van der Waals surface area contributed by atoms with Crippen LogP contribution >= 0.6 is 0 Å². The molecule has 1 aliphatic rings. The molecule has 2 nitrogen and oxygen atoms in total. The monoisotopic (exact) mass is 217 g/mol. The number of rotatable bonds is 2. The molecule has 0 aromatic heterocycles. The van der Waals surface area contributed by atoms with Crippen molar-refractivity contribution in [1.82, 2.24) is 0 Å². The summed E-state index contributed by atoms with van der Waals surface area (Å²) in [6.45, 7) is 8.25. The van der Waals surface area contributed by atoms with Crippen LogP contribution in [0.3, 0.4) is 0 Å². The van der Waals surface area contributed by atoms with Crippen molar-refractivity contribution in [3.05, 3.63) is 48.2 Å². The highest BCUT2D eigenvalue weighted by molar-refractivity contribution is 5.22. The zero-order valence-corrected chi connectivity index (χ0v) is 10.2. The molecule has 1 aromatic rings. The van der Waals surface area contributed by atoms with Gasteiger partial charge in [0.05, 0.1) is 37.8 Å². The third-order valence-electron chi connectivity index (χ3n) is 3.88. The van der Waals surface area contributed by atoms with Crippen LogP contribution in [0, 0.1) is 0 Å². The lowest BCUT2D eigenvalue weighted by molar-refractivity contribution is -0.860. The fraction of sp³-hybridized carbons (Fsp3) is 0.429. The zero-order chi connectivity index (χ0) is 11.8. The van der Waals surface area contributed by atoms with Crippen molar-refractivity contribution in [3.63, 3.8) is 0 Å². The fourth-order valence-corrected chi connectivity index (χ4v) is 2.60. The summed E-state index contributed by atoms with van der Waals surface area (Å²) in [7, 11) is 2.23. The van der Waals surface area contributed by atoms with Gasteiger partial charge in [-0.3, -0.25) is 4.48 Å². The second kappa shape index (κ2) is 4.04. The van der Waals surface area contributed by atoms with Crippen molar-refractivity contribution in [2.24, 2.45) is 5.73 Å². The lowest BCUT2D eigenvalue weighted by Crippen LogP contribution is -2.41. The van der Waals surface area contributed by atoms with Gasteiger partial charge in [-0.25, -0.2) is 0 Å². The largest absolute Gasteiger partial charge is 0.322 e. The van der Waals surface area contributed by atoms with E-state index in [0.717, 1.165) is 17.6 Å². The second-order valence-electron chi connectivity index (χ2n) is 5.18. The number of likely N-dealkylation sites (N-methyl/N-ethyl adjacent to an activating group) is 1. The van der Waals surface area contributed by atoms with Crippen molar-refractivity contribution in [2.45, 2.75) is 18.9 Å². The molecule has 86 valence electrons. The molecule has 1 fully saturated rings. The number of nitrogens with two attached hydrogens (primary N) is 1. The maximum absolute atomic E-state index is 6.27. The molecule has 2 heteroatoms. The molecule has 0 saturated carbocycles. The highest BCUT2D eigenvalue weighted by Gasteiger charge is 2.42. The van der Waals surface area contributed by atoms with E-state index in [2.05, 4.69) is 50.9 Å². The molecule has 2 N–H and O–H groups in total. The summed E-state index contributed by atoms with van der Waals surface area (Å²) in [5.74, 6) is 0.461. The standard InChI is InChI=1S/C14H21N2/c1-11(2)16(3)9-13(14(15)10-16)12-7-5-4-6-8-12/h4-8,13-14H,1,9-10,15H2,2-3H3/q+1. The van der Waals surface area contributed by atoms with Gasteiger partial charge in [0.15, 0.2) is 0 Å². The summed E-state index contributed by atoms with van der Waals surface area (Å²) in [6, 6.07) is 10.8. The molecule has 0 spiro atoms. The van der Waals surface area contributed by atoms with E-state index in [9.17, 15) is 0 Å². The van der Waals surface area contributed by atoms with Gasteiger partial charge in [-0.2, -0.15) is 0 Å². The first-order valence-corrected chi connectivity index (χ1v) is 5.84. The van der Waals surface area contributed by atoms with Gasteiger partial charge in [0.25, 0.3) is 0 Å². The number of allylic oxidation sites excluding steroid dienone is 1. The van der Waals surface area contributed by atoms with E-state index in [4.69, 9.17) is 5.73 Å². The lowest BCUT2D eigenvalue weighted by Gasteiger charge is -2.29. The average Bonchev–Trinajstić information content (AvgIpc) is 2.57. The number of nitrogens with zero attached hydrogens (tertiary/aromatic N) is 1. The molecule has 1 saturated heterocycles. The number of likely N-dealkylation sites (tertiary alicyclic amines) is 1. The summed E-state index contributed by atoms with van der Waals surface area (Å²) in [5.41, 5.74) is 8.83. The Morgan fingerprint density at radius 1 is 1.31 bits per heavy atom. The van der Waals surface area contributed by atoms with E-state index < -0.39 is 0 Å². The van der Waals surface area contributed by atoms with Crippen LogP contribution in [-0.2, 0) is 0 Å². The number of hydrogen-bond acceptors (Lipinski definition) is 1. The molecule has 0 bridgehead atoms. The van der Waals surface area contributed by atoms with Crippen LogP contribution in [0.5, 0.6) is 0 Å². The zero-order valence-electron chi connectivity index (χ0n) is 10.2. The number of benzene rings is 1. The van der Waals surface area contributed by atoms with E-state index in [1.807, 2.05) is 0 Å². The number of hydrogen-bond donors (Lipinski definition) is 1. The van der Waals surface area contributed by atoms with Crippen molar-refractivity contribution in [1.29, 1.82) is 0 Å². The van der Waals surface area contributed by atoms with Gasteiger partial charge in [-0.1, -0.05) is 30.3 Å². The van der Waals surface area contributed by atoms with Crippen molar-refractivity contribution in [2.75, 3.05) is 20.1 Å². The molecule has 0 radical (unpaired) electrons. The topological polar surface area (TPSA) is 26.0 Å². The van der Waals surface area contributed by atoms with Crippen LogP contribution in [0.4, 0.5) is 0 Å². The minimum absolute atomic E-state index is 0.240. The van der Waals surface area contributed by atoms with E-state index in [-0.39, 0.29) is 6.04 Å². The molecule has 2 rings (SSSR count). The number of quaternary nitrogens is 1. The van der Waals surface area contributed by atoms with Crippen LogP contribution in [0.1, 0.15) is 18.4 Å². The Balaban J connectivity index is 2.24. The third kappa shape index (κ3) is 1.91. The van der Waals surface area contributed by atoms with Crippen LogP contribution in [0.25, 0.3) is 0 Å². The van der Waals surface area contributed by atoms with Gasteiger partial charge < -0.3 is 5.73 Å². The quantitative estimate of drug-likeness (QED) is 0.754. The predicted molar refractivity (Wildman–Crippen MR) is 67.9 cm³/mol. The molecule has 0 aliphatic carbocycles. The first-order chi connectivity index (χ1) is 7.53. The summed E-state index contributed by atoms with van der Waals surface area (Å²) >= 11 is 0. The van der Waals surface area contributed by atoms with Gasteiger partial charge in [-0.15, -0.1) is 0 Å². The molecule has 0 amide bonds. The van der Waals surface area contributed by atoms with Crippen LogP contribution < -0.4 is 5.73 Å². The summed E-state index contributed by atoms with van der Waals surface area (Å²) in [4.78, 5) is 0. The van der Waals surface area contributed by atoms with Crippen LogP contribution in [0.2, 0.25) is 0 Å². The molecular weight excluding hydrogens is 196 g/mol. The molecule has 3 unspecified atom stereocenters. The maximum atomic E-state index is 6.27. The first kappa shape index (κ1) is 11.4.